The van der Waals surface area contributed by atoms with Crippen molar-refractivity contribution < 1.29 is 18.0 Å². The predicted octanol–water partition coefficient (Wildman–Crippen LogP) is 5.70. The standard InChI is InChI=1S/C35H39N3O4S/c1-26(2)30-19-21-31(22-20-30)38(43(41,42)32-13-9-6-10-14-32)25-34(39)37(24-29-17-15-27(3)16-18-29)33(35(40)36-4)23-28-11-7-5-8-12-28/h5-22,26,33H,23-25H2,1-4H3,(H,36,40). The van der Waals surface area contributed by atoms with Gasteiger partial charge in [0.05, 0.1) is 10.6 Å². The predicted molar refractivity (Wildman–Crippen MR) is 171 cm³/mol. The van der Waals surface area contributed by atoms with Crippen molar-refractivity contribution in [2.45, 2.75) is 50.6 Å². The number of nitrogens with one attached hydrogen (secondary N) is 1. The lowest BCUT2D eigenvalue weighted by molar-refractivity contribution is -0.139. The van der Waals surface area contributed by atoms with Crippen LogP contribution in [0.1, 0.15) is 42.0 Å². The average Bonchev–Trinajstić information content (AvgIpc) is 3.02. The maximum absolute atomic E-state index is 14.3. The van der Waals surface area contributed by atoms with E-state index in [0.717, 1.165) is 26.6 Å². The lowest BCUT2D eigenvalue weighted by atomic mass is 10.0. The monoisotopic (exact) mass is 597 g/mol. The number of rotatable bonds is 12. The van der Waals surface area contributed by atoms with E-state index in [1.165, 1.54) is 24.1 Å². The molecule has 0 radical (unpaired) electrons. The second-order valence-corrected chi connectivity index (χ2v) is 12.8. The Labute approximate surface area is 255 Å². The van der Waals surface area contributed by atoms with Crippen LogP contribution < -0.4 is 9.62 Å². The number of anilines is 1. The molecule has 0 aliphatic heterocycles. The Morgan fingerprint density at radius 2 is 1.35 bits per heavy atom. The van der Waals surface area contributed by atoms with Gasteiger partial charge in [-0.1, -0.05) is 104 Å². The summed E-state index contributed by atoms with van der Waals surface area (Å²) in [6.45, 7) is 5.76. The zero-order valence-corrected chi connectivity index (χ0v) is 25.9. The van der Waals surface area contributed by atoms with Gasteiger partial charge in [-0.3, -0.25) is 13.9 Å². The van der Waals surface area contributed by atoms with Crippen molar-refractivity contribution in [3.05, 3.63) is 131 Å². The van der Waals surface area contributed by atoms with E-state index in [1.54, 1.807) is 30.3 Å². The molecule has 0 saturated heterocycles. The average molecular weight is 598 g/mol. The Morgan fingerprint density at radius 3 is 1.91 bits per heavy atom. The molecule has 0 fully saturated rings. The maximum Gasteiger partial charge on any atom is 0.264 e. The van der Waals surface area contributed by atoms with Crippen LogP contribution in [0, 0.1) is 6.92 Å². The summed E-state index contributed by atoms with van der Waals surface area (Å²) in [7, 11) is -2.58. The van der Waals surface area contributed by atoms with Gasteiger partial charge in [0.15, 0.2) is 0 Å². The molecule has 0 heterocycles. The van der Waals surface area contributed by atoms with Crippen LogP contribution in [0.2, 0.25) is 0 Å². The van der Waals surface area contributed by atoms with Gasteiger partial charge < -0.3 is 10.2 Å². The molecular formula is C35H39N3O4S. The molecule has 1 atom stereocenters. The molecule has 4 aromatic carbocycles. The SMILES string of the molecule is CNC(=O)C(Cc1ccccc1)N(Cc1ccc(C)cc1)C(=O)CN(c1ccc(C(C)C)cc1)S(=O)(=O)c1ccccc1. The van der Waals surface area contributed by atoms with E-state index in [4.69, 9.17) is 0 Å². The molecule has 43 heavy (non-hydrogen) atoms. The van der Waals surface area contributed by atoms with Gasteiger partial charge in [-0.2, -0.15) is 0 Å². The van der Waals surface area contributed by atoms with Gasteiger partial charge in [0, 0.05) is 20.0 Å². The molecule has 8 heteroatoms. The quantitative estimate of drug-likeness (QED) is 0.227. The highest BCUT2D eigenvalue weighted by atomic mass is 32.2. The molecule has 0 aliphatic carbocycles. The van der Waals surface area contributed by atoms with Gasteiger partial charge in [-0.05, 0) is 53.8 Å². The highest BCUT2D eigenvalue weighted by Gasteiger charge is 2.34. The fourth-order valence-electron chi connectivity index (χ4n) is 4.88. The van der Waals surface area contributed by atoms with Gasteiger partial charge in [0.1, 0.15) is 12.6 Å². The minimum absolute atomic E-state index is 0.0768. The van der Waals surface area contributed by atoms with Crippen LogP contribution >= 0.6 is 0 Å². The minimum atomic E-state index is -4.12. The highest BCUT2D eigenvalue weighted by Crippen LogP contribution is 2.27. The summed E-state index contributed by atoms with van der Waals surface area (Å²) in [5, 5.41) is 2.71. The normalized spacial score (nSPS) is 12.0. The van der Waals surface area contributed by atoms with E-state index in [-0.39, 0.29) is 29.7 Å². The Morgan fingerprint density at radius 1 is 0.767 bits per heavy atom. The van der Waals surface area contributed by atoms with Crippen molar-refractivity contribution in [1.82, 2.24) is 10.2 Å². The first-order valence-electron chi connectivity index (χ1n) is 14.4. The number of sulfonamides is 1. The first kappa shape index (κ1) is 31.5. The van der Waals surface area contributed by atoms with Crippen LogP contribution in [0.4, 0.5) is 5.69 Å². The third kappa shape index (κ3) is 7.90. The molecule has 0 aromatic heterocycles. The molecule has 0 saturated carbocycles. The summed E-state index contributed by atoms with van der Waals surface area (Å²) in [6, 6.07) is 31.7. The van der Waals surface area contributed by atoms with E-state index in [2.05, 4.69) is 19.2 Å². The first-order valence-corrected chi connectivity index (χ1v) is 15.8. The lowest BCUT2D eigenvalue weighted by Gasteiger charge is -2.33. The van der Waals surface area contributed by atoms with Crippen LogP contribution in [0.25, 0.3) is 0 Å². The van der Waals surface area contributed by atoms with Crippen molar-refractivity contribution in [1.29, 1.82) is 0 Å². The van der Waals surface area contributed by atoms with Gasteiger partial charge >= 0.3 is 0 Å². The summed E-state index contributed by atoms with van der Waals surface area (Å²) in [5.41, 5.74) is 4.21. The number of hydrogen-bond donors (Lipinski definition) is 1. The molecule has 1 N–H and O–H groups in total. The van der Waals surface area contributed by atoms with E-state index in [1.807, 2.05) is 73.7 Å². The Balaban J connectivity index is 1.78. The number of likely N-dealkylation sites (N-methyl/N-ethyl adjacent to an activating group) is 1. The molecule has 0 spiro atoms. The van der Waals surface area contributed by atoms with Crippen LogP contribution in [-0.2, 0) is 32.6 Å². The summed E-state index contributed by atoms with van der Waals surface area (Å²) in [6.07, 6.45) is 0.270. The molecule has 7 nitrogen and oxygen atoms in total. The van der Waals surface area contributed by atoms with Crippen LogP contribution in [0.3, 0.4) is 0 Å². The van der Waals surface area contributed by atoms with Crippen molar-refractivity contribution in [2.75, 3.05) is 17.9 Å². The number of aryl methyl sites for hydroxylation is 1. The smallest absolute Gasteiger partial charge is 0.264 e. The van der Waals surface area contributed by atoms with Crippen molar-refractivity contribution in [3.63, 3.8) is 0 Å². The third-order valence-electron chi connectivity index (χ3n) is 7.45. The Bertz CT molecular complexity index is 1610. The molecule has 4 aromatic rings. The fourth-order valence-corrected chi connectivity index (χ4v) is 6.32. The summed E-state index contributed by atoms with van der Waals surface area (Å²) in [4.78, 5) is 29.3. The second kappa shape index (κ2) is 14.2. The second-order valence-electron chi connectivity index (χ2n) is 10.9. The van der Waals surface area contributed by atoms with E-state index < -0.39 is 28.5 Å². The Hall–Kier alpha value is -4.43. The molecule has 4 rings (SSSR count). The molecule has 1 unspecified atom stereocenters. The van der Waals surface area contributed by atoms with E-state index in [9.17, 15) is 18.0 Å². The number of benzene rings is 4. The van der Waals surface area contributed by atoms with Crippen molar-refractivity contribution in [3.8, 4) is 0 Å². The number of carbonyl (C=O) groups excluding carboxylic acids is 2. The largest absolute Gasteiger partial charge is 0.357 e. The molecule has 224 valence electrons. The number of amides is 2. The van der Waals surface area contributed by atoms with Crippen molar-refractivity contribution in [2.24, 2.45) is 0 Å². The number of hydrogen-bond acceptors (Lipinski definition) is 4. The molecule has 0 aliphatic rings. The zero-order valence-electron chi connectivity index (χ0n) is 25.1. The highest BCUT2D eigenvalue weighted by molar-refractivity contribution is 7.92. The summed E-state index contributed by atoms with van der Waals surface area (Å²) >= 11 is 0. The first-order chi connectivity index (χ1) is 20.6. The van der Waals surface area contributed by atoms with Gasteiger partial charge in [-0.15, -0.1) is 0 Å². The van der Waals surface area contributed by atoms with Gasteiger partial charge in [0.2, 0.25) is 11.8 Å². The summed E-state index contributed by atoms with van der Waals surface area (Å²) < 4.78 is 29.2. The lowest BCUT2D eigenvalue weighted by Crippen LogP contribution is -2.53. The fraction of sp³-hybridized carbons (Fsp3) is 0.257. The van der Waals surface area contributed by atoms with E-state index in [0.29, 0.717) is 5.69 Å². The third-order valence-corrected chi connectivity index (χ3v) is 9.24. The topological polar surface area (TPSA) is 86.8 Å². The molecular weight excluding hydrogens is 558 g/mol. The number of nitrogens with zero attached hydrogens (tertiary/aromatic N) is 2. The van der Waals surface area contributed by atoms with Gasteiger partial charge in [-0.25, -0.2) is 8.42 Å². The van der Waals surface area contributed by atoms with E-state index >= 15 is 0 Å². The summed E-state index contributed by atoms with van der Waals surface area (Å²) in [5.74, 6) is -0.563. The molecule has 2 amide bonds. The Kier molecular flexibility index (Phi) is 10.4. The minimum Gasteiger partial charge on any atom is -0.357 e. The van der Waals surface area contributed by atoms with Crippen LogP contribution in [0.15, 0.2) is 114 Å². The molecule has 0 bridgehead atoms. The zero-order chi connectivity index (χ0) is 31.0. The van der Waals surface area contributed by atoms with Crippen LogP contribution in [-0.4, -0.2) is 44.8 Å². The maximum atomic E-state index is 14.3. The number of carbonyl (C=O) groups is 2. The van der Waals surface area contributed by atoms with Crippen LogP contribution in [0.5, 0.6) is 0 Å². The van der Waals surface area contributed by atoms with Crippen molar-refractivity contribution >= 4 is 27.5 Å². The van der Waals surface area contributed by atoms with Gasteiger partial charge in [0.25, 0.3) is 10.0 Å².